The lowest BCUT2D eigenvalue weighted by Gasteiger charge is -2.22. The quantitative estimate of drug-likeness (QED) is 0.455. The maximum Gasteiger partial charge on any atom is 0.244 e. The zero-order valence-corrected chi connectivity index (χ0v) is 16.8. The zero-order valence-electron chi connectivity index (χ0n) is 16.8. The van der Waals surface area contributed by atoms with Gasteiger partial charge in [0.25, 0.3) is 0 Å². The molecule has 29 heavy (non-hydrogen) atoms. The number of rotatable bonds is 10. The van der Waals surface area contributed by atoms with Crippen molar-refractivity contribution in [1.29, 1.82) is 0 Å². The molecule has 1 amide bonds. The van der Waals surface area contributed by atoms with Gasteiger partial charge in [0.15, 0.2) is 0 Å². The normalized spacial score (nSPS) is 15.8. The minimum atomic E-state index is -0.467. The van der Waals surface area contributed by atoms with Crippen LogP contribution in [0.15, 0.2) is 16.9 Å². The first kappa shape index (κ1) is 21.2. The molecule has 2 aromatic rings. The lowest BCUT2D eigenvalue weighted by molar-refractivity contribution is -0.129. The van der Waals surface area contributed by atoms with Crippen LogP contribution in [0, 0.1) is 5.92 Å². The molecule has 2 heterocycles. The summed E-state index contributed by atoms with van der Waals surface area (Å²) >= 11 is 0. The van der Waals surface area contributed by atoms with Gasteiger partial charge in [0.1, 0.15) is 5.69 Å². The van der Waals surface area contributed by atoms with E-state index in [1.807, 2.05) is 6.92 Å². The van der Waals surface area contributed by atoms with Crippen LogP contribution in [0.25, 0.3) is 11.5 Å². The van der Waals surface area contributed by atoms with Crippen molar-refractivity contribution in [2.45, 2.75) is 70.6 Å². The SMILES string of the molecule is CCOc1cncc(-c2noc(C(CCCC3CCCCC3)CC(=O)NO)n2)n1. The van der Waals surface area contributed by atoms with E-state index in [1.54, 1.807) is 5.48 Å². The van der Waals surface area contributed by atoms with E-state index in [0.717, 1.165) is 25.2 Å². The molecule has 9 heteroatoms. The van der Waals surface area contributed by atoms with Gasteiger partial charge in [-0.05, 0) is 19.3 Å². The molecule has 9 nitrogen and oxygen atoms in total. The fourth-order valence-corrected chi connectivity index (χ4v) is 3.89. The van der Waals surface area contributed by atoms with Gasteiger partial charge in [0, 0.05) is 12.3 Å². The molecular weight excluding hydrogens is 374 g/mol. The summed E-state index contributed by atoms with van der Waals surface area (Å²) in [7, 11) is 0. The van der Waals surface area contributed by atoms with Crippen LogP contribution in [0.4, 0.5) is 0 Å². The highest BCUT2D eigenvalue weighted by atomic mass is 16.5. The number of hydroxylamine groups is 1. The van der Waals surface area contributed by atoms with Gasteiger partial charge in [-0.3, -0.25) is 15.0 Å². The summed E-state index contributed by atoms with van der Waals surface area (Å²) in [6.07, 6.45) is 12.6. The first-order chi connectivity index (χ1) is 14.2. The third-order valence-electron chi connectivity index (χ3n) is 5.37. The van der Waals surface area contributed by atoms with E-state index >= 15 is 0 Å². The lowest BCUT2D eigenvalue weighted by atomic mass is 9.84. The number of nitrogens with zero attached hydrogens (tertiary/aromatic N) is 4. The molecule has 3 rings (SSSR count). The van der Waals surface area contributed by atoms with Crippen molar-refractivity contribution in [3.63, 3.8) is 0 Å². The van der Waals surface area contributed by atoms with Crippen molar-refractivity contribution >= 4 is 5.91 Å². The highest BCUT2D eigenvalue weighted by molar-refractivity contribution is 5.75. The van der Waals surface area contributed by atoms with Gasteiger partial charge in [-0.25, -0.2) is 10.5 Å². The smallest absolute Gasteiger partial charge is 0.244 e. The van der Waals surface area contributed by atoms with Gasteiger partial charge in [-0.1, -0.05) is 50.1 Å². The molecule has 0 aromatic carbocycles. The van der Waals surface area contributed by atoms with Crippen LogP contribution in [-0.2, 0) is 4.79 Å². The summed E-state index contributed by atoms with van der Waals surface area (Å²) in [4.78, 5) is 24.6. The summed E-state index contributed by atoms with van der Waals surface area (Å²) in [5, 5.41) is 12.9. The first-order valence-corrected chi connectivity index (χ1v) is 10.4. The molecule has 0 spiro atoms. The van der Waals surface area contributed by atoms with Gasteiger partial charge >= 0.3 is 0 Å². The predicted octanol–water partition coefficient (Wildman–Crippen LogP) is 3.66. The fourth-order valence-electron chi connectivity index (χ4n) is 3.89. The number of hydrogen-bond donors (Lipinski definition) is 2. The Labute approximate surface area is 170 Å². The second kappa shape index (κ2) is 10.8. The molecule has 1 aliphatic carbocycles. The molecule has 0 saturated heterocycles. The summed E-state index contributed by atoms with van der Waals surface area (Å²) in [6, 6.07) is 0. The van der Waals surface area contributed by atoms with Crippen molar-refractivity contribution < 1.29 is 19.3 Å². The Morgan fingerprint density at radius 3 is 2.90 bits per heavy atom. The number of carbonyl (C=O) groups is 1. The van der Waals surface area contributed by atoms with Crippen molar-refractivity contribution in [1.82, 2.24) is 25.6 Å². The molecule has 1 aliphatic rings. The fraction of sp³-hybridized carbons (Fsp3) is 0.650. The third-order valence-corrected chi connectivity index (χ3v) is 5.37. The molecule has 0 aliphatic heterocycles. The summed E-state index contributed by atoms with van der Waals surface area (Å²) in [6.45, 7) is 2.35. The van der Waals surface area contributed by atoms with Crippen molar-refractivity contribution in [3.05, 3.63) is 18.3 Å². The zero-order chi connectivity index (χ0) is 20.5. The number of nitrogens with one attached hydrogen (secondary N) is 1. The minimum Gasteiger partial charge on any atom is -0.477 e. The lowest BCUT2D eigenvalue weighted by Crippen LogP contribution is -2.21. The molecule has 158 valence electrons. The Morgan fingerprint density at radius 2 is 2.14 bits per heavy atom. The molecule has 1 fully saturated rings. The number of ether oxygens (including phenoxy) is 1. The average Bonchev–Trinajstić information content (AvgIpc) is 3.24. The van der Waals surface area contributed by atoms with E-state index in [4.69, 9.17) is 14.5 Å². The molecule has 1 unspecified atom stereocenters. The van der Waals surface area contributed by atoms with Gasteiger partial charge in [0.05, 0.1) is 19.0 Å². The van der Waals surface area contributed by atoms with E-state index in [2.05, 4.69) is 20.1 Å². The van der Waals surface area contributed by atoms with Crippen LogP contribution in [0.1, 0.15) is 76.5 Å². The van der Waals surface area contributed by atoms with Crippen LogP contribution < -0.4 is 10.2 Å². The van der Waals surface area contributed by atoms with Gasteiger partial charge in [0.2, 0.25) is 23.5 Å². The monoisotopic (exact) mass is 403 g/mol. The maximum absolute atomic E-state index is 11.8. The van der Waals surface area contributed by atoms with E-state index in [1.165, 1.54) is 44.5 Å². The molecule has 0 bridgehead atoms. The van der Waals surface area contributed by atoms with Gasteiger partial charge in [-0.15, -0.1) is 0 Å². The predicted molar refractivity (Wildman–Crippen MR) is 104 cm³/mol. The standard InChI is InChI=1S/C20H29N5O4/c1-2-28-18-13-21-12-16(22-18)19-23-20(29-25-19)15(11-17(26)24-27)10-6-9-14-7-4-3-5-8-14/h12-15,27H,2-11H2,1H3,(H,24,26). The Kier molecular flexibility index (Phi) is 7.92. The molecule has 0 radical (unpaired) electrons. The summed E-state index contributed by atoms with van der Waals surface area (Å²) in [5.41, 5.74) is 2.14. The van der Waals surface area contributed by atoms with Crippen molar-refractivity contribution in [2.24, 2.45) is 5.92 Å². The molecule has 2 N–H and O–H groups in total. The Bertz CT molecular complexity index is 776. The van der Waals surface area contributed by atoms with Crippen molar-refractivity contribution in [3.8, 4) is 17.4 Å². The number of hydrogen-bond acceptors (Lipinski definition) is 8. The highest BCUT2D eigenvalue weighted by Gasteiger charge is 2.24. The summed E-state index contributed by atoms with van der Waals surface area (Å²) in [5.74, 6) is 1.11. The van der Waals surface area contributed by atoms with E-state index in [9.17, 15) is 4.79 Å². The van der Waals surface area contributed by atoms with Crippen LogP contribution in [0.2, 0.25) is 0 Å². The topological polar surface area (TPSA) is 123 Å². The summed E-state index contributed by atoms with van der Waals surface area (Å²) < 4.78 is 10.8. The van der Waals surface area contributed by atoms with Crippen LogP contribution in [0.5, 0.6) is 5.88 Å². The van der Waals surface area contributed by atoms with Crippen LogP contribution >= 0.6 is 0 Å². The number of carbonyl (C=O) groups excluding carboxylic acids is 1. The van der Waals surface area contributed by atoms with E-state index in [-0.39, 0.29) is 12.3 Å². The average molecular weight is 403 g/mol. The van der Waals surface area contributed by atoms with Gasteiger partial charge < -0.3 is 9.26 Å². The molecule has 2 aromatic heterocycles. The molecule has 1 saturated carbocycles. The molecule has 1 atom stereocenters. The molecular formula is C20H29N5O4. The van der Waals surface area contributed by atoms with Crippen LogP contribution in [-0.4, -0.2) is 37.8 Å². The minimum absolute atomic E-state index is 0.0907. The van der Waals surface area contributed by atoms with E-state index < -0.39 is 5.91 Å². The van der Waals surface area contributed by atoms with E-state index in [0.29, 0.717) is 29.9 Å². The second-order valence-electron chi connectivity index (χ2n) is 7.50. The first-order valence-electron chi connectivity index (χ1n) is 10.4. The second-order valence-corrected chi connectivity index (χ2v) is 7.50. The Morgan fingerprint density at radius 1 is 1.31 bits per heavy atom. The largest absolute Gasteiger partial charge is 0.477 e. The Hall–Kier alpha value is -2.55. The Balaban J connectivity index is 1.67. The highest BCUT2D eigenvalue weighted by Crippen LogP contribution is 2.31. The van der Waals surface area contributed by atoms with Gasteiger partial charge in [-0.2, -0.15) is 4.98 Å². The number of aromatic nitrogens is 4. The van der Waals surface area contributed by atoms with Crippen molar-refractivity contribution in [2.75, 3.05) is 6.61 Å². The third kappa shape index (κ3) is 6.22. The van der Waals surface area contributed by atoms with Crippen LogP contribution in [0.3, 0.4) is 0 Å². The number of amides is 1. The maximum atomic E-state index is 11.8.